The fourth-order valence-corrected chi connectivity index (χ4v) is 4.54. The van der Waals surface area contributed by atoms with Gasteiger partial charge >= 0.3 is 0 Å². The van der Waals surface area contributed by atoms with Crippen molar-refractivity contribution in [3.63, 3.8) is 0 Å². The van der Waals surface area contributed by atoms with Crippen molar-refractivity contribution < 1.29 is 14.6 Å². The van der Waals surface area contributed by atoms with Crippen LogP contribution < -0.4 is 0 Å². The lowest BCUT2D eigenvalue weighted by Crippen LogP contribution is -2.68. The summed E-state index contributed by atoms with van der Waals surface area (Å²) < 4.78 is 11.8. The van der Waals surface area contributed by atoms with Gasteiger partial charge in [0.15, 0.2) is 5.79 Å². The fraction of sp³-hybridized carbons (Fsp3) is 0.700. The summed E-state index contributed by atoms with van der Waals surface area (Å²) in [6, 6.07) is 6.48. The van der Waals surface area contributed by atoms with Crippen molar-refractivity contribution in [2.24, 2.45) is 5.41 Å². The lowest BCUT2D eigenvalue weighted by Gasteiger charge is -2.64. The van der Waals surface area contributed by atoms with Crippen molar-refractivity contribution in [3.05, 3.63) is 34.9 Å². The molecule has 23 heavy (non-hydrogen) atoms. The zero-order chi connectivity index (χ0) is 17.3. The normalized spacial score (nSPS) is 28.6. The van der Waals surface area contributed by atoms with Gasteiger partial charge in [-0.05, 0) is 29.5 Å². The summed E-state index contributed by atoms with van der Waals surface area (Å²) in [5.41, 5.74) is 1.64. The molecule has 0 radical (unpaired) electrons. The van der Waals surface area contributed by atoms with Gasteiger partial charge in [-0.1, -0.05) is 59.7 Å². The zero-order valence-corrected chi connectivity index (χ0v) is 15.5. The molecule has 0 saturated carbocycles. The Morgan fingerprint density at radius 3 is 2.13 bits per heavy atom. The maximum Gasteiger partial charge on any atom is 0.173 e. The quantitative estimate of drug-likeness (QED) is 0.913. The highest BCUT2D eigenvalue weighted by Gasteiger charge is 2.70. The Hall–Kier alpha value is -0.900. The van der Waals surface area contributed by atoms with Crippen LogP contribution in [0.4, 0.5) is 0 Å². The number of hydrogen-bond acceptors (Lipinski definition) is 3. The van der Waals surface area contributed by atoms with Crippen LogP contribution >= 0.6 is 0 Å². The van der Waals surface area contributed by atoms with E-state index in [1.165, 1.54) is 11.1 Å². The molecule has 1 aliphatic heterocycles. The van der Waals surface area contributed by atoms with E-state index in [-0.39, 0.29) is 5.41 Å². The lowest BCUT2D eigenvalue weighted by molar-refractivity contribution is -0.297. The smallest absolute Gasteiger partial charge is 0.173 e. The highest BCUT2D eigenvalue weighted by Crippen LogP contribution is 2.66. The first-order valence-corrected chi connectivity index (χ1v) is 8.64. The molecule has 3 rings (SSSR count). The summed E-state index contributed by atoms with van der Waals surface area (Å²) in [5.74, 6) is -0.301. The van der Waals surface area contributed by atoms with Gasteiger partial charge in [0.1, 0.15) is 5.60 Å². The summed E-state index contributed by atoms with van der Waals surface area (Å²) in [7, 11) is 0. The molecule has 0 aromatic heterocycles. The van der Waals surface area contributed by atoms with Crippen LogP contribution in [0.2, 0.25) is 0 Å². The minimum Gasteiger partial charge on any atom is -0.383 e. The summed E-state index contributed by atoms with van der Waals surface area (Å²) >= 11 is 0. The summed E-state index contributed by atoms with van der Waals surface area (Å²) in [6.45, 7) is 15.9. The highest BCUT2D eigenvalue weighted by atomic mass is 16.7. The van der Waals surface area contributed by atoms with Crippen molar-refractivity contribution >= 4 is 0 Å². The van der Waals surface area contributed by atoms with Crippen molar-refractivity contribution in [2.45, 2.75) is 71.2 Å². The van der Waals surface area contributed by atoms with Gasteiger partial charge in [-0.15, -0.1) is 0 Å². The SMILES string of the molecule is CC(C)c1ccc2c(c1)C(C)(C)C2(O)C(C)(C)C1(C)OCCO1. The Morgan fingerprint density at radius 1 is 1.04 bits per heavy atom. The second-order valence-electron chi connectivity index (χ2n) is 8.56. The third-order valence-corrected chi connectivity index (χ3v) is 6.56. The van der Waals surface area contributed by atoms with Gasteiger partial charge in [-0.2, -0.15) is 0 Å². The highest BCUT2D eigenvalue weighted by molar-refractivity contribution is 5.55. The second-order valence-corrected chi connectivity index (χ2v) is 8.56. The average Bonchev–Trinajstić information content (AvgIpc) is 2.94. The molecular weight excluding hydrogens is 288 g/mol. The number of benzene rings is 1. The Labute approximate surface area is 140 Å². The first-order chi connectivity index (χ1) is 10.5. The van der Waals surface area contributed by atoms with Gasteiger partial charge in [0, 0.05) is 5.41 Å². The molecule has 2 aliphatic rings. The molecule has 128 valence electrons. The molecular formula is C20H30O3. The zero-order valence-electron chi connectivity index (χ0n) is 15.5. The molecule has 1 heterocycles. The van der Waals surface area contributed by atoms with Gasteiger partial charge in [0.25, 0.3) is 0 Å². The lowest BCUT2D eigenvalue weighted by atomic mass is 9.45. The first-order valence-electron chi connectivity index (χ1n) is 8.64. The van der Waals surface area contributed by atoms with Crippen molar-refractivity contribution in [2.75, 3.05) is 13.2 Å². The third-order valence-electron chi connectivity index (χ3n) is 6.56. The molecule has 1 aromatic carbocycles. The summed E-state index contributed by atoms with van der Waals surface area (Å²) in [5, 5.41) is 11.8. The van der Waals surface area contributed by atoms with Gasteiger partial charge < -0.3 is 14.6 Å². The Morgan fingerprint density at radius 2 is 1.61 bits per heavy atom. The number of aliphatic hydroxyl groups is 1. The molecule has 0 spiro atoms. The van der Waals surface area contributed by atoms with Crippen molar-refractivity contribution in [1.29, 1.82) is 0 Å². The number of fused-ring (bicyclic) bond motifs is 1. The Bertz CT molecular complexity index is 624. The fourth-order valence-electron chi connectivity index (χ4n) is 4.54. The monoisotopic (exact) mass is 318 g/mol. The van der Waals surface area contributed by atoms with E-state index in [2.05, 4.69) is 59.7 Å². The largest absolute Gasteiger partial charge is 0.383 e. The number of ether oxygens (including phenoxy) is 2. The van der Waals surface area contributed by atoms with Gasteiger partial charge in [0.2, 0.25) is 0 Å². The first kappa shape index (κ1) is 16.9. The van der Waals surface area contributed by atoms with E-state index in [0.29, 0.717) is 19.1 Å². The van der Waals surface area contributed by atoms with Gasteiger partial charge in [0.05, 0.1) is 18.6 Å². The van der Waals surface area contributed by atoms with E-state index >= 15 is 0 Å². The van der Waals surface area contributed by atoms with Gasteiger partial charge in [-0.3, -0.25) is 0 Å². The topological polar surface area (TPSA) is 38.7 Å². The molecule has 1 N–H and O–H groups in total. The molecule has 1 aliphatic carbocycles. The summed E-state index contributed by atoms with van der Waals surface area (Å²) in [6.07, 6.45) is 0. The Kier molecular flexibility index (Phi) is 3.54. The second kappa shape index (κ2) is 4.81. The molecule has 0 amide bonds. The average molecular weight is 318 g/mol. The molecule has 1 unspecified atom stereocenters. The van der Waals surface area contributed by atoms with Crippen LogP contribution in [0.5, 0.6) is 0 Å². The van der Waals surface area contributed by atoms with E-state index in [4.69, 9.17) is 9.47 Å². The minimum absolute atomic E-state index is 0.352. The third kappa shape index (κ3) is 1.87. The standard InChI is InChI=1S/C20H30O3/c1-13(2)14-8-9-15-16(12-14)17(3,4)20(15,21)18(5,6)19(7)22-10-11-23-19/h8-9,12-13,21H,10-11H2,1-7H3. The van der Waals surface area contributed by atoms with E-state index in [1.54, 1.807) is 0 Å². The van der Waals surface area contributed by atoms with Crippen LogP contribution in [0.1, 0.15) is 71.1 Å². The molecule has 0 bridgehead atoms. The maximum atomic E-state index is 11.8. The van der Waals surface area contributed by atoms with Crippen LogP contribution in [-0.4, -0.2) is 24.1 Å². The molecule has 1 saturated heterocycles. The molecule has 3 heteroatoms. The van der Waals surface area contributed by atoms with Crippen molar-refractivity contribution in [3.8, 4) is 0 Å². The van der Waals surface area contributed by atoms with E-state index in [0.717, 1.165) is 5.56 Å². The Balaban J connectivity index is 2.12. The number of hydrogen-bond donors (Lipinski definition) is 1. The molecule has 1 fully saturated rings. The number of rotatable bonds is 3. The van der Waals surface area contributed by atoms with E-state index < -0.39 is 16.8 Å². The predicted octanol–water partition coefficient (Wildman–Crippen LogP) is 4.08. The van der Waals surface area contributed by atoms with E-state index in [1.807, 2.05) is 6.92 Å². The van der Waals surface area contributed by atoms with Crippen LogP contribution in [-0.2, 0) is 20.5 Å². The predicted molar refractivity (Wildman–Crippen MR) is 91.5 cm³/mol. The molecule has 1 atom stereocenters. The van der Waals surface area contributed by atoms with Crippen LogP contribution in [0.25, 0.3) is 0 Å². The molecule has 1 aromatic rings. The maximum absolute atomic E-state index is 11.8. The molecule has 3 nitrogen and oxygen atoms in total. The van der Waals surface area contributed by atoms with Crippen LogP contribution in [0.3, 0.4) is 0 Å². The van der Waals surface area contributed by atoms with Crippen LogP contribution in [0, 0.1) is 5.41 Å². The van der Waals surface area contributed by atoms with Crippen molar-refractivity contribution in [1.82, 2.24) is 0 Å². The van der Waals surface area contributed by atoms with Crippen LogP contribution in [0.15, 0.2) is 18.2 Å². The minimum atomic E-state index is -0.996. The summed E-state index contributed by atoms with van der Waals surface area (Å²) in [4.78, 5) is 0. The van der Waals surface area contributed by atoms with E-state index in [9.17, 15) is 5.11 Å². The van der Waals surface area contributed by atoms with Gasteiger partial charge in [-0.25, -0.2) is 0 Å².